The number of rotatable bonds is 16. The first kappa shape index (κ1) is 43.3. The van der Waals surface area contributed by atoms with Crippen molar-refractivity contribution in [3.8, 4) is 11.1 Å². The van der Waals surface area contributed by atoms with E-state index in [-0.39, 0.29) is 47.9 Å². The van der Waals surface area contributed by atoms with Crippen LogP contribution >= 0.6 is 0 Å². The fraction of sp³-hybridized carbons (Fsp3) is 0.477. The van der Waals surface area contributed by atoms with Gasteiger partial charge in [0.05, 0.1) is 28.8 Å². The van der Waals surface area contributed by atoms with Gasteiger partial charge in [0.25, 0.3) is 17.4 Å². The molecule has 2 N–H and O–H groups in total. The molecule has 1 unspecified atom stereocenters. The molecular formula is C44H50F3N7O7. The molecule has 5 heterocycles. The highest BCUT2D eigenvalue weighted by molar-refractivity contribution is 6.23. The summed E-state index contributed by atoms with van der Waals surface area (Å²) >= 11 is 0. The van der Waals surface area contributed by atoms with Gasteiger partial charge < -0.3 is 19.4 Å². The number of benzene rings is 2. The maximum absolute atomic E-state index is 13.1. The smallest absolute Gasteiger partial charge is 0.385 e. The van der Waals surface area contributed by atoms with E-state index in [2.05, 4.69) is 15.4 Å². The summed E-state index contributed by atoms with van der Waals surface area (Å²) in [5, 5.41) is 5.50. The number of alkyl halides is 3. The van der Waals surface area contributed by atoms with Gasteiger partial charge in [0.2, 0.25) is 17.7 Å². The van der Waals surface area contributed by atoms with E-state index < -0.39 is 42.6 Å². The van der Waals surface area contributed by atoms with E-state index in [1.54, 1.807) is 49.0 Å². The number of nitrogens with one attached hydrogen (secondary N) is 2. The minimum absolute atomic E-state index is 0.0502. The van der Waals surface area contributed by atoms with Crippen LogP contribution in [0.2, 0.25) is 0 Å². The fourth-order valence-corrected chi connectivity index (χ4v) is 8.62. The average molecular weight is 846 g/mol. The minimum atomic E-state index is -4.76. The Balaban J connectivity index is 0.836. The van der Waals surface area contributed by atoms with Crippen molar-refractivity contribution in [1.82, 2.24) is 29.2 Å². The van der Waals surface area contributed by atoms with Gasteiger partial charge in [-0.3, -0.25) is 43.7 Å². The molecule has 61 heavy (non-hydrogen) atoms. The second-order valence-electron chi connectivity index (χ2n) is 16.1. The van der Waals surface area contributed by atoms with Crippen LogP contribution in [0.4, 0.5) is 18.9 Å². The first-order chi connectivity index (χ1) is 29.2. The summed E-state index contributed by atoms with van der Waals surface area (Å²) in [6.07, 6.45) is 4.41. The number of anilines is 1. The van der Waals surface area contributed by atoms with Crippen LogP contribution in [0.15, 0.2) is 53.5 Å². The topological polar surface area (TPSA) is 165 Å². The van der Waals surface area contributed by atoms with Crippen LogP contribution in [0.1, 0.15) is 109 Å². The highest BCUT2D eigenvalue weighted by Crippen LogP contribution is 2.34. The Bertz CT molecular complexity index is 2370. The van der Waals surface area contributed by atoms with Crippen LogP contribution in [0.25, 0.3) is 22.2 Å². The lowest BCUT2D eigenvalue weighted by molar-refractivity contribution is -0.325. The molecule has 0 bridgehead atoms. The number of amides is 5. The molecule has 1 atom stereocenters. The molecule has 4 aromatic rings. The van der Waals surface area contributed by atoms with Crippen molar-refractivity contribution in [2.24, 2.45) is 7.05 Å². The van der Waals surface area contributed by atoms with E-state index in [1.165, 1.54) is 4.57 Å². The third kappa shape index (κ3) is 9.87. The summed E-state index contributed by atoms with van der Waals surface area (Å²) in [4.78, 5) is 83.0. The van der Waals surface area contributed by atoms with Crippen LogP contribution < -0.4 is 16.2 Å². The van der Waals surface area contributed by atoms with Crippen LogP contribution in [0.3, 0.4) is 0 Å². The number of hydrogen-bond acceptors (Lipinski definition) is 9. The first-order valence-corrected chi connectivity index (χ1v) is 20.9. The van der Waals surface area contributed by atoms with Gasteiger partial charge in [0.15, 0.2) is 0 Å². The number of unbranched alkanes of at least 4 members (excludes halogenated alkanes) is 5. The van der Waals surface area contributed by atoms with Gasteiger partial charge in [-0.15, -0.1) is 13.2 Å². The lowest BCUT2D eigenvalue weighted by atomic mass is 9.95. The highest BCUT2D eigenvalue weighted by Gasteiger charge is 2.44. The Hall–Kier alpha value is -5.84. The van der Waals surface area contributed by atoms with E-state index in [4.69, 9.17) is 4.98 Å². The second kappa shape index (κ2) is 18.4. The monoisotopic (exact) mass is 845 g/mol. The number of carbonyl (C=O) groups is 5. The number of ether oxygens (including phenoxy) is 1. The lowest BCUT2D eigenvalue weighted by Crippen LogP contribution is -2.54. The zero-order chi connectivity index (χ0) is 43.4. The standard InChI is InChI=1S/C44H50F3N7O7/c1-27-23-30(26-51(2)41(27)58)29-10-13-34-36(24-29)53(21-22-61-44(45,46)47)39(49-34)28-16-19-52(20-17-28)38(56)9-7-5-3-4-6-8-18-48-31-11-12-32-33(25-31)43(60)54(42(32)59)35-14-15-37(55)50-40(35)57/h10-13,23-26,28,35,48H,3-9,14-22H2,1-2H3,(H,50,55,57). The third-order valence-corrected chi connectivity index (χ3v) is 11.9. The van der Waals surface area contributed by atoms with Gasteiger partial charge in [0, 0.05) is 69.4 Å². The summed E-state index contributed by atoms with van der Waals surface area (Å²) in [5.74, 6) is -1.42. The molecule has 2 fully saturated rings. The maximum atomic E-state index is 13.1. The molecule has 17 heteroatoms. The molecule has 14 nitrogen and oxygen atoms in total. The number of piperidine rings is 2. The van der Waals surface area contributed by atoms with Crippen molar-refractivity contribution in [3.63, 3.8) is 0 Å². The number of hydrogen-bond donors (Lipinski definition) is 2. The van der Waals surface area contributed by atoms with Gasteiger partial charge in [-0.25, -0.2) is 4.98 Å². The number of halogens is 3. The molecule has 5 amide bonds. The van der Waals surface area contributed by atoms with Gasteiger partial charge in [0.1, 0.15) is 11.9 Å². The molecule has 0 aliphatic carbocycles. The highest BCUT2D eigenvalue weighted by atomic mass is 19.4. The van der Waals surface area contributed by atoms with Gasteiger partial charge in [-0.05, 0) is 86.6 Å². The number of aromatic nitrogens is 3. The summed E-state index contributed by atoms with van der Waals surface area (Å²) in [5.41, 5.74) is 4.59. The molecule has 7 rings (SSSR count). The Labute approximate surface area is 350 Å². The van der Waals surface area contributed by atoms with E-state index >= 15 is 0 Å². The summed E-state index contributed by atoms with van der Waals surface area (Å²) in [7, 11) is 1.68. The Morgan fingerprint density at radius 1 is 0.885 bits per heavy atom. The fourth-order valence-electron chi connectivity index (χ4n) is 8.62. The molecule has 0 spiro atoms. The largest absolute Gasteiger partial charge is 0.522 e. The summed E-state index contributed by atoms with van der Waals surface area (Å²) in [6, 6.07) is 11.4. The number of carbonyl (C=O) groups excluding carboxylic acids is 5. The van der Waals surface area contributed by atoms with Gasteiger partial charge in [-0.2, -0.15) is 0 Å². The van der Waals surface area contributed by atoms with Crippen molar-refractivity contribution in [2.75, 3.05) is 31.6 Å². The number of fused-ring (bicyclic) bond motifs is 2. The van der Waals surface area contributed by atoms with Crippen LogP contribution in [0.5, 0.6) is 0 Å². The molecule has 324 valence electrons. The number of nitrogens with zero attached hydrogens (tertiary/aromatic N) is 5. The number of likely N-dealkylation sites (tertiary alicyclic amines) is 1. The van der Waals surface area contributed by atoms with Crippen molar-refractivity contribution < 1.29 is 41.9 Å². The maximum Gasteiger partial charge on any atom is 0.522 e. The number of imidazole rings is 1. The molecule has 2 aromatic heterocycles. The number of aryl methyl sites for hydroxylation is 2. The van der Waals surface area contributed by atoms with E-state index in [9.17, 15) is 41.9 Å². The molecule has 0 radical (unpaired) electrons. The summed E-state index contributed by atoms with van der Waals surface area (Å²) in [6.45, 7) is 2.86. The van der Waals surface area contributed by atoms with Crippen LogP contribution in [0, 0.1) is 6.92 Å². The summed E-state index contributed by atoms with van der Waals surface area (Å²) < 4.78 is 46.4. The second-order valence-corrected chi connectivity index (χ2v) is 16.1. The molecule has 0 saturated carbocycles. The number of imide groups is 2. The molecule has 2 saturated heterocycles. The predicted octanol–water partition coefficient (Wildman–Crippen LogP) is 6.20. The first-order valence-electron chi connectivity index (χ1n) is 20.9. The van der Waals surface area contributed by atoms with Crippen molar-refractivity contribution in [2.45, 2.75) is 102 Å². The van der Waals surface area contributed by atoms with Crippen molar-refractivity contribution in [1.29, 1.82) is 0 Å². The molecular weight excluding hydrogens is 796 g/mol. The quantitative estimate of drug-likeness (QED) is 0.0988. The van der Waals surface area contributed by atoms with Gasteiger partial charge in [-0.1, -0.05) is 31.7 Å². The normalized spacial score (nSPS) is 17.4. The van der Waals surface area contributed by atoms with E-state index in [0.29, 0.717) is 67.0 Å². The predicted molar refractivity (Wildman–Crippen MR) is 220 cm³/mol. The molecule has 3 aliphatic heterocycles. The third-order valence-electron chi connectivity index (χ3n) is 11.9. The van der Waals surface area contributed by atoms with Crippen molar-refractivity contribution in [3.05, 3.63) is 81.5 Å². The Morgan fingerprint density at radius 2 is 1.61 bits per heavy atom. The van der Waals surface area contributed by atoms with E-state index in [1.807, 2.05) is 23.1 Å². The van der Waals surface area contributed by atoms with E-state index in [0.717, 1.165) is 54.6 Å². The average Bonchev–Trinajstić information content (AvgIpc) is 3.71. The zero-order valence-corrected chi connectivity index (χ0v) is 34.3. The Morgan fingerprint density at radius 3 is 2.33 bits per heavy atom. The molecule has 2 aromatic carbocycles. The minimum Gasteiger partial charge on any atom is -0.385 e. The van der Waals surface area contributed by atoms with Crippen LogP contribution in [-0.2, 0) is 32.7 Å². The van der Waals surface area contributed by atoms with Crippen LogP contribution in [-0.4, -0.2) is 92.1 Å². The van der Waals surface area contributed by atoms with Crippen molar-refractivity contribution >= 4 is 46.3 Å². The lowest BCUT2D eigenvalue weighted by Gasteiger charge is -2.32. The zero-order valence-electron chi connectivity index (χ0n) is 34.3. The SMILES string of the molecule is Cc1cc(-c2ccc3nc(C4CCN(C(=O)CCCCCCCCNc5ccc6c(c5)C(=O)N(C5CCC(=O)NC5=O)C6=O)CC4)n(CCOC(F)(F)F)c3c2)cn(C)c1=O. The Kier molecular flexibility index (Phi) is 13.1. The van der Waals surface area contributed by atoms with Gasteiger partial charge >= 0.3 is 6.36 Å². The molecule has 3 aliphatic rings. The number of pyridine rings is 1.